The summed E-state index contributed by atoms with van der Waals surface area (Å²) in [6, 6.07) is 10.8. The number of amides is 2. The molecule has 0 bridgehead atoms. The van der Waals surface area contributed by atoms with Crippen molar-refractivity contribution < 1.29 is 14.3 Å². The zero-order chi connectivity index (χ0) is 18.1. The molecule has 1 aromatic carbocycles. The normalized spacial score (nSPS) is 10.1. The number of nitrogens with two attached hydrogens (primary N) is 1. The third-order valence-electron chi connectivity index (χ3n) is 3.37. The molecule has 1 heterocycles. The fourth-order valence-electron chi connectivity index (χ4n) is 2.19. The highest BCUT2D eigenvalue weighted by Gasteiger charge is 2.12. The fraction of sp³-hybridized carbons (Fsp3) is 0.278. The highest BCUT2D eigenvalue weighted by atomic mass is 16.5. The van der Waals surface area contributed by atoms with Gasteiger partial charge in [0.25, 0.3) is 5.91 Å². The predicted octanol–water partition coefficient (Wildman–Crippen LogP) is 2.22. The van der Waals surface area contributed by atoms with Gasteiger partial charge in [-0.3, -0.25) is 9.59 Å². The van der Waals surface area contributed by atoms with Gasteiger partial charge < -0.3 is 21.1 Å². The Morgan fingerprint density at radius 3 is 2.64 bits per heavy atom. The summed E-state index contributed by atoms with van der Waals surface area (Å²) in [5.41, 5.74) is 6.30. The van der Waals surface area contributed by atoms with Gasteiger partial charge in [-0.05, 0) is 49.7 Å². The summed E-state index contributed by atoms with van der Waals surface area (Å²) < 4.78 is 5.40. The Labute approximate surface area is 146 Å². The van der Waals surface area contributed by atoms with Crippen LogP contribution in [-0.2, 0) is 4.79 Å². The maximum absolute atomic E-state index is 12.3. The number of aromatic nitrogens is 1. The average Bonchev–Trinajstić information content (AvgIpc) is 2.61. The van der Waals surface area contributed by atoms with Crippen LogP contribution in [0.1, 0.15) is 30.1 Å². The Balaban J connectivity index is 2.01. The highest BCUT2D eigenvalue weighted by molar-refractivity contribution is 5.99. The van der Waals surface area contributed by atoms with Crippen LogP contribution in [0.2, 0.25) is 0 Å². The Hall–Kier alpha value is -3.09. The number of anilines is 2. The third kappa shape index (κ3) is 5.80. The van der Waals surface area contributed by atoms with Crippen LogP contribution in [0.15, 0.2) is 42.6 Å². The fourth-order valence-corrected chi connectivity index (χ4v) is 2.19. The summed E-state index contributed by atoms with van der Waals surface area (Å²) in [5.74, 6) is 0.597. The van der Waals surface area contributed by atoms with E-state index < -0.39 is 0 Å². The van der Waals surface area contributed by atoms with Crippen LogP contribution in [0.5, 0.6) is 5.75 Å². The Bertz CT molecular complexity index is 717. The molecule has 0 unspecified atom stereocenters. The predicted molar refractivity (Wildman–Crippen MR) is 95.9 cm³/mol. The minimum absolute atomic E-state index is 0.241. The number of hydrogen-bond acceptors (Lipinski definition) is 5. The van der Waals surface area contributed by atoms with Gasteiger partial charge in [0.15, 0.2) is 0 Å². The van der Waals surface area contributed by atoms with E-state index in [0.717, 1.165) is 11.4 Å². The minimum atomic E-state index is -0.381. The molecule has 25 heavy (non-hydrogen) atoms. The molecule has 0 atom stereocenters. The number of benzene rings is 1. The molecular formula is C18H22N4O3. The van der Waals surface area contributed by atoms with E-state index in [4.69, 9.17) is 10.5 Å². The second-order valence-corrected chi connectivity index (χ2v) is 5.31. The summed E-state index contributed by atoms with van der Waals surface area (Å²) in [6.07, 6.45) is 2.36. The summed E-state index contributed by atoms with van der Waals surface area (Å²) in [7, 11) is 0. The van der Waals surface area contributed by atoms with Gasteiger partial charge in [0.2, 0.25) is 5.91 Å². The Morgan fingerprint density at radius 2 is 1.96 bits per heavy atom. The van der Waals surface area contributed by atoms with Crippen molar-refractivity contribution in [3.63, 3.8) is 0 Å². The van der Waals surface area contributed by atoms with Gasteiger partial charge in [0.05, 0.1) is 12.2 Å². The lowest BCUT2D eigenvalue weighted by atomic mass is 10.2. The van der Waals surface area contributed by atoms with Crippen LogP contribution in [0.4, 0.5) is 11.5 Å². The third-order valence-corrected chi connectivity index (χ3v) is 3.37. The van der Waals surface area contributed by atoms with E-state index in [1.54, 1.807) is 18.3 Å². The molecule has 4 N–H and O–H groups in total. The largest absolute Gasteiger partial charge is 0.494 e. The number of pyridine rings is 1. The summed E-state index contributed by atoms with van der Waals surface area (Å²) in [4.78, 5) is 27.3. The Morgan fingerprint density at radius 1 is 1.20 bits per heavy atom. The van der Waals surface area contributed by atoms with E-state index >= 15 is 0 Å². The molecule has 132 valence electrons. The van der Waals surface area contributed by atoms with Crippen molar-refractivity contribution in [3.8, 4) is 5.75 Å². The standard InChI is InChI=1S/C18H22N4O3/c1-2-25-14-9-7-13(8-10-14)22-17-15(5-3-11-20-17)18(24)21-12-4-6-16(19)23/h3,5,7-11H,2,4,6,12H2,1H3,(H2,19,23)(H,20,22)(H,21,24). The minimum Gasteiger partial charge on any atom is -0.494 e. The van der Waals surface area contributed by atoms with E-state index in [9.17, 15) is 9.59 Å². The first-order valence-electron chi connectivity index (χ1n) is 8.11. The number of nitrogens with one attached hydrogen (secondary N) is 2. The van der Waals surface area contributed by atoms with Crippen LogP contribution >= 0.6 is 0 Å². The molecule has 7 heteroatoms. The molecule has 0 spiro atoms. The van der Waals surface area contributed by atoms with Crippen LogP contribution in [0.25, 0.3) is 0 Å². The monoisotopic (exact) mass is 342 g/mol. The summed E-state index contributed by atoms with van der Waals surface area (Å²) >= 11 is 0. The van der Waals surface area contributed by atoms with Crippen molar-refractivity contribution in [3.05, 3.63) is 48.2 Å². The highest BCUT2D eigenvalue weighted by Crippen LogP contribution is 2.21. The summed E-state index contributed by atoms with van der Waals surface area (Å²) in [5, 5.41) is 5.89. The maximum atomic E-state index is 12.3. The molecule has 0 aliphatic rings. The molecule has 0 aliphatic carbocycles. The van der Waals surface area contributed by atoms with E-state index in [1.807, 2.05) is 31.2 Å². The van der Waals surface area contributed by atoms with Gasteiger partial charge in [-0.1, -0.05) is 0 Å². The SMILES string of the molecule is CCOc1ccc(Nc2ncccc2C(=O)NCCCC(N)=O)cc1. The van der Waals surface area contributed by atoms with E-state index in [1.165, 1.54) is 0 Å². The molecule has 2 amide bonds. The first-order chi connectivity index (χ1) is 12.1. The molecular weight excluding hydrogens is 320 g/mol. The van der Waals surface area contributed by atoms with E-state index in [2.05, 4.69) is 15.6 Å². The quantitative estimate of drug-likeness (QED) is 0.606. The smallest absolute Gasteiger partial charge is 0.255 e. The molecule has 0 radical (unpaired) electrons. The van der Waals surface area contributed by atoms with E-state index in [-0.39, 0.29) is 18.2 Å². The van der Waals surface area contributed by atoms with Crippen LogP contribution in [-0.4, -0.2) is 29.9 Å². The molecule has 0 saturated carbocycles. The number of ether oxygens (including phenoxy) is 1. The van der Waals surface area contributed by atoms with Crippen molar-refractivity contribution in [1.82, 2.24) is 10.3 Å². The molecule has 1 aromatic heterocycles. The zero-order valence-corrected chi connectivity index (χ0v) is 14.1. The molecule has 0 fully saturated rings. The van der Waals surface area contributed by atoms with Gasteiger partial charge in [-0.2, -0.15) is 0 Å². The lowest BCUT2D eigenvalue weighted by Gasteiger charge is -2.11. The number of primary amides is 1. The first kappa shape index (κ1) is 18.3. The average molecular weight is 342 g/mol. The van der Waals surface area contributed by atoms with Crippen molar-refractivity contribution in [2.24, 2.45) is 5.73 Å². The van der Waals surface area contributed by atoms with Gasteiger partial charge >= 0.3 is 0 Å². The second kappa shape index (κ2) is 9.27. The number of hydrogen-bond donors (Lipinski definition) is 3. The topological polar surface area (TPSA) is 106 Å². The van der Waals surface area contributed by atoms with Crippen LogP contribution < -0.4 is 21.1 Å². The molecule has 2 rings (SSSR count). The Kier molecular flexibility index (Phi) is 6.76. The van der Waals surface area contributed by atoms with Crippen molar-refractivity contribution >= 4 is 23.3 Å². The second-order valence-electron chi connectivity index (χ2n) is 5.31. The van der Waals surface area contributed by atoms with Gasteiger partial charge in [0, 0.05) is 24.8 Å². The molecule has 0 saturated heterocycles. The maximum Gasteiger partial charge on any atom is 0.255 e. The lowest BCUT2D eigenvalue weighted by molar-refractivity contribution is -0.118. The van der Waals surface area contributed by atoms with Gasteiger partial charge in [-0.15, -0.1) is 0 Å². The zero-order valence-electron chi connectivity index (χ0n) is 14.1. The molecule has 0 aliphatic heterocycles. The number of nitrogens with zero attached hydrogens (tertiary/aromatic N) is 1. The van der Waals surface area contributed by atoms with Gasteiger partial charge in [0.1, 0.15) is 11.6 Å². The lowest BCUT2D eigenvalue weighted by Crippen LogP contribution is -2.26. The van der Waals surface area contributed by atoms with Crippen LogP contribution in [0, 0.1) is 0 Å². The number of rotatable bonds is 9. The van der Waals surface area contributed by atoms with E-state index in [0.29, 0.717) is 31.0 Å². The van der Waals surface area contributed by atoms with Crippen molar-refractivity contribution in [1.29, 1.82) is 0 Å². The first-order valence-corrected chi connectivity index (χ1v) is 8.11. The number of carbonyl (C=O) groups is 2. The molecule has 2 aromatic rings. The molecule has 7 nitrogen and oxygen atoms in total. The van der Waals surface area contributed by atoms with Crippen molar-refractivity contribution in [2.75, 3.05) is 18.5 Å². The van der Waals surface area contributed by atoms with Crippen LogP contribution in [0.3, 0.4) is 0 Å². The number of carbonyl (C=O) groups excluding carboxylic acids is 2. The van der Waals surface area contributed by atoms with Gasteiger partial charge in [-0.25, -0.2) is 4.98 Å². The van der Waals surface area contributed by atoms with Crippen molar-refractivity contribution in [2.45, 2.75) is 19.8 Å². The summed E-state index contributed by atoms with van der Waals surface area (Å²) in [6.45, 7) is 2.90.